The van der Waals surface area contributed by atoms with E-state index in [9.17, 15) is 0 Å². The molecule has 1 aromatic carbocycles. The fourth-order valence-corrected chi connectivity index (χ4v) is 2.52. The van der Waals surface area contributed by atoms with Crippen molar-refractivity contribution in [2.24, 2.45) is 0 Å². The Morgan fingerprint density at radius 1 is 1.17 bits per heavy atom. The van der Waals surface area contributed by atoms with Gasteiger partial charge in [0.1, 0.15) is 0 Å². The summed E-state index contributed by atoms with van der Waals surface area (Å²) in [6.07, 6.45) is 1.17. The number of hydrogen-bond donors (Lipinski definition) is 1. The molecule has 0 bridgehead atoms. The molecule has 1 unspecified atom stereocenters. The predicted octanol–water partition coefficient (Wildman–Crippen LogP) is 3.30. The SMILES string of the molecule is CCN(CC)CCC(NC)c1ccc(C)cc1C. The molecule has 0 saturated heterocycles. The number of rotatable bonds is 7. The summed E-state index contributed by atoms with van der Waals surface area (Å²) < 4.78 is 0. The molecule has 18 heavy (non-hydrogen) atoms. The quantitative estimate of drug-likeness (QED) is 0.796. The Balaban J connectivity index is 2.71. The van der Waals surface area contributed by atoms with E-state index in [0.29, 0.717) is 6.04 Å². The van der Waals surface area contributed by atoms with Crippen molar-refractivity contribution in [3.8, 4) is 0 Å². The maximum atomic E-state index is 3.46. The van der Waals surface area contributed by atoms with Gasteiger partial charge in [-0.15, -0.1) is 0 Å². The van der Waals surface area contributed by atoms with Crippen LogP contribution in [0, 0.1) is 13.8 Å². The third kappa shape index (κ3) is 4.11. The lowest BCUT2D eigenvalue weighted by molar-refractivity contribution is 0.284. The van der Waals surface area contributed by atoms with Gasteiger partial charge in [0, 0.05) is 6.04 Å². The second kappa shape index (κ2) is 7.55. The maximum absolute atomic E-state index is 3.46. The van der Waals surface area contributed by atoms with Gasteiger partial charge in [0.2, 0.25) is 0 Å². The van der Waals surface area contributed by atoms with Crippen LogP contribution in [0.25, 0.3) is 0 Å². The van der Waals surface area contributed by atoms with Crippen LogP contribution in [0.5, 0.6) is 0 Å². The molecule has 0 heterocycles. The van der Waals surface area contributed by atoms with Crippen LogP contribution in [0.3, 0.4) is 0 Å². The van der Waals surface area contributed by atoms with Crippen LogP contribution >= 0.6 is 0 Å². The molecule has 0 spiro atoms. The minimum atomic E-state index is 0.464. The van der Waals surface area contributed by atoms with Gasteiger partial charge in [-0.05, 0) is 58.1 Å². The van der Waals surface area contributed by atoms with Crippen LogP contribution in [0.15, 0.2) is 18.2 Å². The minimum absolute atomic E-state index is 0.464. The van der Waals surface area contributed by atoms with E-state index in [1.807, 2.05) is 0 Å². The molecule has 0 fully saturated rings. The van der Waals surface area contributed by atoms with E-state index >= 15 is 0 Å². The van der Waals surface area contributed by atoms with Crippen LogP contribution in [-0.2, 0) is 0 Å². The molecule has 0 saturated carbocycles. The summed E-state index contributed by atoms with van der Waals surface area (Å²) in [5.41, 5.74) is 4.18. The van der Waals surface area contributed by atoms with Crippen molar-refractivity contribution in [2.45, 2.75) is 40.2 Å². The number of aryl methyl sites for hydroxylation is 2. The molecule has 102 valence electrons. The minimum Gasteiger partial charge on any atom is -0.313 e. The van der Waals surface area contributed by atoms with Gasteiger partial charge in [0.25, 0.3) is 0 Å². The average molecular weight is 248 g/mol. The van der Waals surface area contributed by atoms with Crippen molar-refractivity contribution < 1.29 is 0 Å². The molecular weight excluding hydrogens is 220 g/mol. The zero-order valence-corrected chi connectivity index (χ0v) is 12.6. The summed E-state index contributed by atoms with van der Waals surface area (Å²) in [5, 5.41) is 3.46. The molecule has 0 aliphatic carbocycles. The zero-order valence-electron chi connectivity index (χ0n) is 12.6. The lowest BCUT2D eigenvalue weighted by atomic mass is 9.97. The first-order chi connectivity index (χ1) is 8.62. The first-order valence-electron chi connectivity index (χ1n) is 7.09. The summed E-state index contributed by atoms with van der Waals surface area (Å²) in [6.45, 7) is 12.3. The number of benzene rings is 1. The zero-order chi connectivity index (χ0) is 13.5. The van der Waals surface area contributed by atoms with Crippen molar-refractivity contribution in [1.29, 1.82) is 0 Å². The Morgan fingerprint density at radius 2 is 1.83 bits per heavy atom. The van der Waals surface area contributed by atoms with E-state index < -0.39 is 0 Å². The Hall–Kier alpha value is -0.860. The molecule has 1 aromatic rings. The van der Waals surface area contributed by atoms with Gasteiger partial charge in [0.15, 0.2) is 0 Å². The van der Waals surface area contributed by atoms with Crippen LogP contribution in [0.2, 0.25) is 0 Å². The molecule has 2 heteroatoms. The smallest absolute Gasteiger partial charge is 0.0332 e. The Bertz CT molecular complexity index is 356. The monoisotopic (exact) mass is 248 g/mol. The number of nitrogens with one attached hydrogen (secondary N) is 1. The second-order valence-electron chi connectivity index (χ2n) is 5.02. The van der Waals surface area contributed by atoms with Crippen LogP contribution < -0.4 is 5.32 Å². The van der Waals surface area contributed by atoms with Crippen molar-refractivity contribution in [2.75, 3.05) is 26.7 Å². The molecule has 0 aliphatic rings. The van der Waals surface area contributed by atoms with Crippen molar-refractivity contribution in [3.63, 3.8) is 0 Å². The molecule has 0 aromatic heterocycles. The molecule has 1 atom stereocenters. The maximum Gasteiger partial charge on any atom is 0.0332 e. The average Bonchev–Trinajstić information content (AvgIpc) is 2.36. The summed E-state index contributed by atoms with van der Waals surface area (Å²) >= 11 is 0. The van der Waals surface area contributed by atoms with Crippen molar-refractivity contribution in [3.05, 3.63) is 34.9 Å². The Morgan fingerprint density at radius 3 is 2.33 bits per heavy atom. The highest BCUT2D eigenvalue weighted by atomic mass is 15.1. The predicted molar refractivity (Wildman–Crippen MR) is 80.1 cm³/mol. The first kappa shape index (κ1) is 15.2. The summed E-state index contributed by atoms with van der Waals surface area (Å²) in [6, 6.07) is 7.22. The topological polar surface area (TPSA) is 15.3 Å². The van der Waals surface area contributed by atoms with Gasteiger partial charge < -0.3 is 10.2 Å². The van der Waals surface area contributed by atoms with Gasteiger partial charge in [-0.1, -0.05) is 37.6 Å². The number of nitrogens with zero attached hydrogens (tertiary/aromatic N) is 1. The van der Waals surface area contributed by atoms with E-state index in [1.165, 1.54) is 23.1 Å². The molecule has 1 rings (SSSR count). The lowest BCUT2D eigenvalue weighted by Crippen LogP contribution is -2.28. The van der Waals surface area contributed by atoms with E-state index in [4.69, 9.17) is 0 Å². The first-order valence-corrected chi connectivity index (χ1v) is 7.09. The summed E-state index contributed by atoms with van der Waals surface area (Å²) in [4.78, 5) is 2.48. The molecule has 1 N–H and O–H groups in total. The Kier molecular flexibility index (Phi) is 6.37. The van der Waals surface area contributed by atoms with Gasteiger partial charge in [-0.25, -0.2) is 0 Å². The highest BCUT2D eigenvalue weighted by Crippen LogP contribution is 2.21. The van der Waals surface area contributed by atoms with E-state index in [1.54, 1.807) is 0 Å². The second-order valence-corrected chi connectivity index (χ2v) is 5.02. The van der Waals surface area contributed by atoms with Gasteiger partial charge >= 0.3 is 0 Å². The molecule has 0 radical (unpaired) electrons. The third-order valence-corrected chi connectivity index (χ3v) is 3.78. The highest BCUT2D eigenvalue weighted by Gasteiger charge is 2.12. The van der Waals surface area contributed by atoms with Gasteiger partial charge in [-0.3, -0.25) is 0 Å². The molecular formula is C16H28N2. The van der Waals surface area contributed by atoms with E-state index in [-0.39, 0.29) is 0 Å². The third-order valence-electron chi connectivity index (χ3n) is 3.78. The van der Waals surface area contributed by atoms with Crippen LogP contribution in [-0.4, -0.2) is 31.6 Å². The van der Waals surface area contributed by atoms with Gasteiger partial charge in [0.05, 0.1) is 0 Å². The van der Waals surface area contributed by atoms with E-state index in [2.05, 4.69) is 63.2 Å². The van der Waals surface area contributed by atoms with Crippen molar-refractivity contribution >= 4 is 0 Å². The molecule has 0 amide bonds. The summed E-state index contributed by atoms with van der Waals surface area (Å²) in [5.74, 6) is 0. The largest absolute Gasteiger partial charge is 0.313 e. The van der Waals surface area contributed by atoms with Crippen molar-refractivity contribution in [1.82, 2.24) is 10.2 Å². The van der Waals surface area contributed by atoms with E-state index in [0.717, 1.165) is 19.6 Å². The fraction of sp³-hybridized carbons (Fsp3) is 0.625. The standard InChI is InChI=1S/C16H28N2/c1-6-18(7-2)11-10-16(17-5)15-9-8-13(3)12-14(15)4/h8-9,12,16-17H,6-7,10-11H2,1-5H3. The fourth-order valence-electron chi connectivity index (χ4n) is 2.52. The molecule has 2 nitrogen and oxygen atoms in total. The van der Waals surface area contributed by atoms with Crippen LogP contribution in [0.1, 0.15) is 43.0 Å². The highest BCUT2D eigenvalue weighted by molar-refractivity contribution is 5.32. The van der Waals surface area contributed by atoms with Gasteiger partial charge in [-0.2, -0.15) is 0 Å². The molecule has 0 aliphatic heterocycles. The van der Waals surface area contributed by atoms with Crippen LogP contribution in [0.4, 0.5) is 0 Å². The lowest BCUT2D eigenvalue weighted by Gasteiger charge is -2.24. The Labute approximate surface area is 112 Å². The normalized spacial score (nSPS) is 13.0. The number of hydrogen-bond acceptors (Lipinski definition) is 2. The summed E-state index contributed by atoms with van der Waals surface area (Å²) in [7, 11) is 2.06.